The van der Waals surface area contributed by atoms with Gasteiger partial charge in [-0.2, -0.15) is 5.10 Å². The number of hydrogen-bond acceptors (Lipinski definition) is 7. The SMILES string of the molecule is CN(C)CC(=O)OCC(=O)N1CCC(c2[nH]nc(-c3ccc(Cl)cc3)c2-c2ccncn2)CC1.Cl. The fraction of sp³-hybridized carbons (Fsp3) is 0.375. The molecule has 1 fully saturated rings. The van der Waals surface area contributed by atoms with E-state index in [1.807, 2.05) is 30.3 Å². The molecule has 3 aromatic rings. The number of amides is 1. The normalized spacial score (nSPS) is 14.0. The highest BCUT2D eigenvalue weighted by molar-refractivity contribution is 6.30. The fourth-order valence-corrected chi connectivity index (χ4v) is 4.25. The number of rotatable bonds is 7. The van der Waals surface area contributed by atoms with Crippen molar-refractivity contribution in [3.05, 3.63) is 53.6 Å². The van der Waals surface area contributed by atoms with Gasteiger partial charge in [0.2, 0.25) is 0 Å². The molecule has 35 heavy (non-hydrogen) atoms. The molecule has 4 rings (SSSR count). The third-order valence-electron chi connectivity index (χ3n) is 5.81. The molecule has 1 saturated heterocycles. The molecule has 0 atom stereocenters. The molecule has 9 nitrogen and oxygen atoms in total. The predicted octanol–water partition coefficient (Wildman–Crippen LogP) is 3.42. The number of aromatic amines is 1. The summed E-state index contributed by atoms with van der Waals surface area (Å²) in [5.74, 6) is -0.401. The van der Waals surface area contributed by atoms with Gasteiger partial charge in [0.05, 0.1) is 12.2 Å². The van der Waals surface area contributed by atoms with E-state index in [1.54, 1.807) is 30.1 Å². The van der Waals surface area contributed by atoms with Crippen LogP contribution in [0.1, 0.15) is 24.5 Å². The Bertz CT molecular complexity index is 1130. The van der Waals surface area contributed by atoms with Crippen LogP contribution in [0, 0.1) is 0 Å². The number of nitrogens with one attached hydrogen (secondary N) is 1. The topological polar surface area (TPSA) is 104 Å². The minimum Gasteiger partial charge on any atom is -0.455 e. The summed E-state index contributed by atoms with van der Waals surface area (Å²) in [6, 6.07) is 9.42. The molecule has 0 radical (unpaired) electrons. The lowest BCUT2D eigenvalue weighted by Crippen LogP contribution is -2.40. The van der Waals surface area contributed by atoms with E-state index in [-0.39, 0.29) is 37.4 Å². The van der Waals surface area contributed by atoms with Crippen LogP contribution in [0.3, 0.4) is 0 Å². The molecule has 2 aromatic heterocycles. The maximum atomic E-state index is 12.5. The number of hydrogen-bond donors (Lipinski definition) is 1. The number of benzene rings is 1. The second-order valence-corrected chi connectivity index (χ2v) is 8.95. The van der Waals surface area contributed by atoms with E-state index < -0.39 is 5.97 Å². The molecule has 1 amide bonds. The molecule has 0 spiro atoms. The number of carbonyl (C=O) groups excluding carboxylic acids is 2. The molecule has 186 valence electrons. The van der Waals surface area contributed by atoms with E-state index in [4.69, 9.17) is 16.3 Å². The van der Waals surface area contributed by atoms with Crippen molar-refractivity contribution in [1.29, 1.82) is 0 Å². The molecular weight excluding hydrogens is 491 g/mol. The largest absolute Gasteiger partial charge is 0.455 e. The van der Waals surface area contributed by atoms with Crippen molar-refractivity contribution in [2.75, 3.05) is 40.3 Å². The van der Waals surface area contributed by atoms with Gasteiger partial charge in [-0.1, -0.05) is 23.7 Å². The van der Waals surface area contributed by atoms with Gasteiger partial charge in [-0.3, -0.25) is 19.6 Å². The third-order valence-corrected chi connectivity index (χ3v) is 6.06. The number of likely N-dealkylation sites (N-methyl/N-ethyl adjacent to an activating group) is 1. The number of piperidine rings is 1. The Morgan fingerprint density at radius 2 is 1.89 bits per heavy atom. The molecule has 1 aromatic carbocycles. The Balaban J connectivity index is 0.00000342. The summed E-state index contributed by atoms with van der Waals surface area (Å²) >= 11 is 6.07. The monoisotopic (exact) mass is 518 g/mol. The second kappa shape index (κ2) is 12.1. The molecule has 1 N–H and O–H groups in total. The standard InChI is InChI=1S/C24H27ClN6O3.ClH/c1-30(2)13-21(33)34-14-20(32)31-11-8-17(9-12-31)24-22(19-7-10-26-15-27-19)23(28-29-24)16-3-5-18(25)6-4-16;/h3-7,10,15,17H,8-9,11-14H2,1-2H3,(H,28,29);1H. The molecule has 1 aliphatic rings. The van der Waals surface area contributed by atoms with Crippen LogP contribution < -0.4 is 0 Å². The Kier molecular flexibility index (Phi) is 9.20. The zero-order valence-corrected chi connectivity index (χ0v) is 21.2. The average molecular weight is 519 g/mol. The maximum Gasteiger partial charge on any atom is 0.320 e. The number of nitrogens with zero attached hydrogens (tertiary/aromatic N) is 5. The highest BCUT2D eigenvalue weighted by Crippen LogP contribution is 2.39. The Morgan fingerprint density at radius 3 is 2.51 bits per heavy atom. The van der Waals surface area contributed by atoms with E-state index in [1.165, 1.54) is 6.33 Å². The second-order valence-electron chi connectivity index (χ2n) is 8.52. The van der Waals surface area contributed by atoms with E-state index in [0.29, 0.717) is 18.1 Å². The van der Waals surface area contributed by atoms with Crippen LogP contribution in [0.15, 0.2) is 42.9 Å². The summed E-state index contributed by atoms with van der Waals surface area (Å²) in [7, 11) is 3.55. The number of halogens is 2. The van der Waals surface area contributed by atoms with Crippen molar-refractivity contribution in [3.8, 4) is 22.5 Å². The zero-order valence-electron chi connectivity index (χ0n) is 19.6. The Morgan fingerprint density at radius 1 is 1.17 bits per heavy atom. The Hall–Kier alpha value is -3.01. The van der Waals surface area contributed by atoms with Gasteiger partial charge < -0.3 is 9.64 Å². The molecule has 0 aliphatic carbocycles. The van der Waals surface area contributed by atoms with Gasteiger partial charge in [-0.05, 0) is 45.1 Å². The van der Waals surface area contributed by atoms with E-state index in [2.05, 4.69) is 20.2 Å². The number of H-pyrrole nitrogens is 1. The number of esters is 1. The van der Waals surface area contributed by atoms with Crippen molar-refractivity contribution >= 4 is 35.9 Å². The minimum atomic E-state index is -0.407. The predicted molar refractivity (Wildman–Crippen MR) is 135 cm³/mol. The van der Waals surface area contributed by atoms with Crippen molar-refractivity contribution in [2.24, 2.45) is 0 Å². The molecule has 0 saturated carbocycles. The minimum absolute atomic E-state index is 0. The summed E-state index contributed by atoms with van der Waals surface area (Å²) in [6.45, 7) is 1.08. The van der Waals surface area contributed by atoms with Gasteiger partial charge >= 0.3 is 5.97 Å². The average Bonchev–Trinajstić information content (AvgIpc) is 3.28. The number of aromatic nitrogens is 4. The molecule has 11 heteroatoms. The van der Waals surface area contributed by atoms with Crippen LogP contribution in [0.5, 0.6) is 0 Å². The first-order valence-corrected chi connectivity index (χ1v) is 11.5. The summed E-state index contributed by atoms with van der Waals surface area (Å²) in [5, 5.41) is 8.52. The summed E-state index contributed by atoms with van der Waals surface area (Å²) in [5.41, 5.74) is 4.46. The van der Waals surface area contributed by atoms with Crippen molar-refractivity contribution in [1.82, 2.24) is 30.0 Å². The summed E-state index contributed by atoms with van der Waals surface area (Å²) in [4.78, 5) is 36.2. The summed E-state index contributed by atoms with van der Waals surface area (Å²) < 4.78 is 5.11. The third kappa shape index (κ3) is 6.56. The number of ether oxygens (including phenoxy) is 1. The van der Waals surface area contributed by atoms with Gasteiger partial charge in [0, 0.05) is 47.0 Å². The highest BCUT2D eigenvalue weighted by Gasteiger charge is 2.29. The van der Waals surface area contributed by atoms with Crippen molar-refractivity contribution in [2.45, 2.75) is 18.8 Å². The Labute approximate surface area is 215 Å². The lowest BCUT2D eigenvalue weighted by molar-refractivity contribution is -0.152. The number of likely N-dealkylation sites (tertiary alicyclic amines) is 1. The van der Waals surface area contributed by atoms with Crippen LogP contribution in [-0.4, -0.2) is 82.2 Å². The smallest absolute Gasteiger partial charge is 0.320 e. The van der Waals surface area contributed by atoms with Crippen LogP contribution >= 0.6 is 24.0 Å². The molecule has 3 heterocycles. The van der Waals surface area contributed by atoms with E-state index >= 15 is 0 Å². The van der Waals surface area contributed by atoms with Gasteiger partial charge in [-0.25, -0.2) is 9.97 Å². The van der Waals surface area contributed by atoms with Crippen LogP contribution in [-0.2, 0) is 14.3 Å². The van der Waals surface area contributed by atoms with Gasteiger partial charge in [0.25, 0.3) is 5.91 Å². The number of carbonyl (C=O) groups is 2. The van der Waals surface area contributed by atoms with Crippen LogP contribution in [0.2, 0.25) is 5.02 Å². The quantitative estimate of drug-likeness (QED) is 0.477. The zero-order chi connectivity index (χ0) is 24.1. The summed E-state index contributed by atoms with van der Waals surface area (Å²) in [6.07, 6.45) is 4.76. The van der Waals surface area contributed by atoms with Gasteiger partial charge in [-0.15, -0.1) is 12.4 Å². The molecule has 0 bridgehead atoms. The first-order chi connectivity index (χ1) is 16.4. The lowest BCUT2D eigenvalue weighted by Gasteiger charge is -2.31. The van der Waals surface area contributed by atoms with Gasteiger partial charge in [0.1, 0.15) is 12.0 Å². The lowest BCUT2D eigenvalue weighted by atomic mass is 9.89. The first kappa shape index (κ1) is 26.6. The molecule has 1 aliphatic heterocycles. The van der Waals surface area contributed by atoms with E-state index in [9.17, 15) is 9.59 Å². The highest BCUT2D eigenvalue weighted by atomic mass is 35.5. The van der Waals surface area contributed by atoms with Gasteiger partial charge in [0.15, 0.2) is 6.61 Å². The van der Waals surface area contributed by atoms with Crippen LogP contribution in [0.25, 0.3) is 22.5 Å². The first-order valence-electron chi connectivity index (χ1n) is 11.1. The maximum absolute atomic E-state index is 12.5. The molecular formula is C24H28Cl2N6O3. The van der Waals surface area contributed by atoms with Crippen molar-refractivity contribution in [3.63, 3.8) is 0 Å². The van der Waals surface area contributed by atoms with Crippen molar-refractivity contribution < 1.29 is 14.3 Å². The molecule has 0 unspecified atom stereocenters. The fourth-order valence-electron chi connectivity index (χ4n) is 4.12. The van der Waals surface area contributed by atoms with Crippen LogP contribution in [0.4, 0.5) is 0 Å². The van der Waals surface area contributed by atoms with E-state index in [0.717, 1.165) is 41.1 Å².